The zero-order chi connectivity index (χ0) is 14.7. The number of anilines is 1. The van der Waals surface area contributed by atoms with Crippen LogP contribution in [0.4, 0.5) is 10.1 Å². The molecule has 0 unspecified atom stereocenters. The molecule has 0 heterocycles. The molecule has 2 rings (SSSR count). The third-order valence-electron chi connectivity index (χ3n) is 2.72. The number of halogens is 1. The fourth-order valence-corrected chi connectivity index (χ4v) is 1.83. The Morgan fingerprint density at radius 1 is 1.15 bits per heavy atom. The lowest BCUT2D eigenvalue weighted by molar-refractivity contribution is 0.103. The summed E-state index contributed by atoms with van der Waals surface area (Å²) in [4.78, 5) is 12.2. The van der Waals surface area contributed by atoms with E-state index in [2.05, 4.69) is 0 Å². The van der Waals surface area contributed by atoms with Crippen molar-refractivity contribution in [3.05, 3.63) is 59.4 Å². The largest absolute Gasteiger partial charge is 0.491 e. The van der Waals surface area contributed by atoms with Gasteiger partial charge < -0.3 is 10.5 Å². The van der Waals surface area contributed by atoms with Crippen LogP contribution >= 0.6 is 0 Å². The number of carbonyl (C=O) groups is 1. The molecule has 0 aliphatic rings. The lowest BCUT2D eigenvalue weighted by atomic mass is 10.0. The topological polar surface area (TPSA) is 52.3 Å². The minimum atomic E-state index is -0.577. The van der Waals surface area contributed by atoms with Gasteiger partial charge in [0, 0.05) is 11.3 Å². The Morgan fingerprint density at radius 3 is 2.40 bits per heavy atom. The summed E-state index contributed by atoms with van der Waals surface area (Å²) in [5, 5.41) is 0. The Labute approximate surface area is 117 Å². The van der Waals surface area contributed by atoms with E-state index in [1.165, 1.54) is 18.2 Å². The highest BCUT2D eigenvalue weighted by Gasteiger charge is 2.14. The maximum atomic E-state index is 13.7. The molecule has 0 spiro atoms. The smallest absolute Gasteiger partial charge is 0.196 e. The number of ketones is 1. The molecule has 2 N–H and O–H groups in total. The normalized spacial score (nSPS) is 10.6. The first-order valence-corrected chi connectivity index (χ1v) is 6.34. The van der Waals surface area contributed by atoms with Crippen molar-refractivity contribution in [2.24, 2.45) is 0 Å². The van der Waals surface area contributed by atoms with E-state index in [9.17, 15) is 9.18 Å². The van der Waals surface area contributed by atoms with Crippen molar-refractivity contribution in [1.29, 1.82) is 0 Å². The molecule has 0 bridgehead atoms. The highest BCUT2D eigenvalue weighted by Crippen LogP contribution is 2.19. The number of ether oxygens (including phenoxy) is 1. The predicted molar refractivity (Wildman–Crippen MR) is 76.5 cm³/mol. The van der Waals surface area contributed by atoms with Gasteiger partial charge in [0.05, 0.1) is 11.7 Å². The zero-order valence-corrected chi connectivity index (χ0v) is 11.4. The van der Waals surface area contributed by atoms with Gasteiger partial charge in [0.25, 0.3) is 0 Å². The van der Waals surface area contributed by atoms with Gasteiger partial charge in [-0.15, -0.1) is 0 Å². The predicted octanol–water partition coefficient (Wildman–Crippen LogP) is 3.43. The molecule has 2 aromatic carbocycles. The Morgan fingerprint density at radius 2 is 1.80 bits per heavy atom. The van der Waals surface area contributed by atoms with E-state index in [1.807, 2.05) is 13.8 Å². The lowest BCUT2D eigenvalue weighted by Crippen LogP contribution is -2.07. The summed E-state index contributed by atoms with van der Waals surface area (Å²) < 4.78 is 19.1. The average molecular weight is 273 g/mol. The van der Waals surface area contributed by atoms with E-state index in [4.69, 9.17) is 10.5 Å². The van der Waals surface area contributed by atoms with E-state index in [-0.39, 0.29) is 11.7 Å². The van der Waals surface area contributed by atoms with Crippen molar-refractivity contribution in [2.75, 3.05) is 5.73 Å². The van der Waals surface area contributed by atoms with Crippen molar-refractivity contribution in [1.82, 2.24) is 0 Å². The maximum absolute atomic E-state index is 13.7. The zero-order valence-electron chi connectivity index (χ0n) is 11.4. The van der Waals surface area contributed by atoms with Crippen LogP contribution in [0.2, 0.25) is 0 Å². The molecule has 104 valence electrons. The Balaban J connectivity index is 2.27. The second kappa shape index (κ2) is 5.74. The van der Waals surface area contributed by atoms with Gasteiger partial charge in [0.2, 0.25) is 0 Å². The minimum Gasteiger partial charge on any atom is -0.491 e. The van der Waals surface area contributed by atoms with Crippen LogP contribution in [0.1, 0.15) is 29.8 Å². The Hall–Kier alpha value is -2.36. The van der Waals surface area contributed by atoms with Crippen LogP contribution in [0.25, 0.3) is 0 Å². The Bertz CT molecular complexity index is 621. The van der Waals surface area contributed by atoms with E-state index in [0.717, 1.165) is 0 Å². The molecule has 3 nitrogen and oxygen atoms in total. The summed E-state index contributed by atoms with van der Waals surface area (Å²) in [6.07, 6.45) is 0.0583. The molecule has 0 aliphatic carbocycles. The van der Waals surface area contributed by atoms with Crippen LogP contribution in [0.15, 0.2) is 42.5 Å². The van der Waals surface area contributed by atoms with E-state index < -0.39 is 11.6 Å². The van der Waals surface area contributed by atoms with Gasteiger partial charge in [-0.1, -0.05) is 0 Å². The highest BCUT2D eigenvalue weighted by atomic mass is 19.1. The monoisotopic (exact) mass is 273 g/mol. The first-order valence-electron chi connectivity index (χ1n) is 6.34. The highest BCUT2D eigenvalue weighted by molar-refractivity contribution is 6.09. The molecule has 4 heteroatoms. The number of nitrogen functional groups attached to an aromatic ring is 1. The van der Waals surface area contributed by atoms with E-state index >= 15 is 0 Å². The summed E-state index contributed by atoms with van der Waals surface area (Å²) in [5.74, 6) is -0.304. The molecular formula is C16H16FNO2. The van der Waals surface area contributed by atoms with Crippen LogP contribution in [0.3, 0.4) is 0 Å². The summed E-state index contributed by atoms with van der Waals surface area (Å²) in [6.45, 7) is 3.84. The second-order valence-corrected chi connectivity index (χ2v) is 4.76. The first kappa shape index (κ1) is 14.1. The number of carbonyl (C=O) groups excluding carboxylic acids is 1. The van der Waals surface area contributed by atoms with Crippen molar-refractivity contribution in [2.45, 2.75) is 20.0 Å². The fourth-order valence-electron chi connectivity index (χ4n) is 1.83. The van der Waals surface area contributed by atoms with Crippen LogP contribution in [0.5, 0.6) is 5.75 Å². The molecule has 2 aromatic rings. The fraction of sp³-hybridized carbons (Fsp3) is 0.188. The molecule has 0 aliphatic heterocycles. The standard InChI is InChI=1S/C16H16FNO2/c1-10(2)20-13-6-3-11(4-7-13)16(19)14-9-12(18)5-8-15(14)17/h3-10H,18H2,1-2H3. The summed E-state index contributed by atoms with van der Waals surface area (Å²) in [6, 6.07) is 10.6. The SMILES string of the molecule is CC(C)Oc1ccc(C(=O)c2cc(N)ccc2F)cc1. The van der Waals surface area contributed by atoms with Crippen LogP contribution in [-0.4, -0.2) is 11.9 Å². The number of hydrogen-bond acceptors (Lipinski definition) is 3. The quantitative estimate of drug-likeness (QED) is 0.686. The maximum Gasteiger partial charge on any atom is 0.196 e. The first-order chi connectivity index (χ1) is 9.47. The van der Waals surface area contributed by atoms with Crippen LogP contribution < -0.4 is 10.5 Å². The van der Waals surface area contributed by atoms with Gasteiger partial charge in [0.15, 0.2) is 5.78 Å². The lowest BCUT2D eigenvalue weighted by Gasteiger charge is -2.10. The molecule has 0 fully saturated rings. The number of rotatable bonds is 4. The van der Waals surface area contributed by atoms with E-state index in [1.54, 1.807) is 24.3 Å². The molecule has 0 atom stereocenters. The van der Waals surface area contributed by atoms with Crippen LogP contribution in [-0.2, 0) is 0 Å². The van der Waals surface area contributed by atoms with Gasteiger partial charge in [0.1, 0.15) is 11.6 Å². The van der Waals surface area contributed by atoms with Crippen molar-refractivity contribution in [3.8, 4) is 5.75 Å². The molecule has 0 aromatic heterocycles. The molecule has 0 radical (unpaired) electrons. The van der Waals surface area contributed by atoms with Gasteiger partial charge >= 0.3 is 0 Å². The van der Waals surface area contributed by atoms with Gasteiger partial charge in [-0.3, -0.25) is 4.79 Å². The van der Waals surface area contributed by atoms with Crippen LogP contribution in [0, 0.1) is 5.82 Å². The summed E-state index contributed by atoms with van der Waals surface area (Å²) in [7, 11) is 0. The van der Waals surface area contributed by atoms with Crippen molar-refractivity contribution < 1.29 is 13.9 Å². The molecule has 0 saturated heterocycles. The molecule has 0 amide bonds. The van der Waals surface area contributed by atoms with Gasteiger partial charge in [-0.2, -0.15) is 0 Å². The van der Waals surface area contributed by atoms with Crippen molar-refractivity contribution >= 4 is 11.5 Å². The molecular weight excluding hydrogens is 257 g/mol. The van der Waals surface area contributed by atoms with Crippen molar-refractivity contribution in [3.63, 3.8) is 0 Å². The summed E-state index contributed by atoms with van der Waals surface area (Å²) in [5.41, 5.74) is 6.31. The Kier molecular flexibility index (Phi) is 4.03. The number of benzene rings is 2. The van der Waals surface area contributed by atoms with Gasteiger partial charge in [-0.05, 0) is 56.3 Å². The molecule has 20 heavy (non-hydrogen) atoms. The number of hydrogen-bond donors (Lipinski definition) is 1. The van der Waals surface area contributed by atoms with E-state index in [0.29, 0.717) is 17.0 Å². The average Bonchev–Trinajstić information content (AvgIpc) is 2.41. The summed E-state index contributed by atoms with van der Waals surface area (Å²) >= 11 is 0. The number of nitrogens with two attached hydrogens (primary N) is 1. The third kappa shape index (κ3) is 3.15. The third-order valence-corrected chi connectivity index (χ3v) is 2.72. The molecule has 0 saturated carbocycles. The van der Waals surface area contributed by atoms with Gasteiger partial charge in [-0.25, -0.2) is 4.39 Å². The minimum absolute atomic E-state index is 0.0254. The second-order valence-electron chi connectivity index (χ2n) is 4.76.